The summed E-state index contributed by atoms with van der Waals surface area (Å²) in [6.07, 6.45) is 2.58. The molecule has 122 valence electrons. The van der Waals surface area contributed by atoms with Crippen molar-refractivity contribution in [2.45, 2.75) is 32.5 Å². The fraction of sp³-hybridized carbons (Fsp3) is 0.429. The summed E-state index contributed by atoms with van der Waals surface area (Å²) in [6, 6.07) is 3.61. The Labute approximate surface area is 137 Å². The highest BCUT2D eigenvalue weighted by Crippen LogP contribution is 2.31. The van der Waals surface area contributed by atoms with E-state index in [1.165, 1.54) is 6.33 Å². The second-order valence-corrected chi connectivity index (χ2v) is 5.55. The minimum Gasteiger partial charge on any atom is -0.467 e. The van der Waals surface area contributed by atoms with Gasteiger partial charge in [0.1, 0.15) is 12.1 Å². The zero-order valence-corrected chi connectivity index (χ0v) is 13.1. The lowest BCUT2D eigenvalue weighted by molar-refractivity contribution is -0.121. The molecule has 1 amide bonds. The van der Waals surface area contributed by atoms with Crippen molar-refractivity contribution in [3.63, 3.8) is 0 Å². The maximum absolute atomic E-state index is 11.9. The summed E-state index contributed by atoms with van der Waals surface area (Å²) in [6.45, 7) is 1.64. The summed E-state index contributed by atoms with van der Waals surface area (Å²) in [7, 11) is 0. The van der Waals surface area contributed by atoms with E-state index in [1.807, 2.05) is 6.07 Å². The Balaban J connectivity index is 1.51. The first kappa shape index (κ1) is 15.7. The van der Waals surface area contributed by atoms with E-state index in [0.29, 0.717) is 37.6 Å². The van der Waals surface area contributed by atoms with Crippen molar-refractivity contribution in [2.75, 3.05) is 6.79 Å². The van der Waals surface area contributed by atoms with Gasteiger partial charge in [0.05, 0.1) is 6.61 Å². The molecule has 0 saturated heterocycles. The lowest BCUT2D eigenvalue weighted by Crippen LogP contribution is -2.24. The third-order valence-corrected chi connectivity index (χ3v) is 3.63. The van der Waals surface area contributed by atoms with Crippen molar-refractivity contribution < 1.29 is 14.3 Å². The molecular weight excluding hydrogens is 322 g/mol. The van der Waals surface area contributed by atoms with Crippen LogP contribution in [0.5, 0.6) is 5.75 Å². The lowest BCUT2D eigenvalue weighted by Gasteiger charge is -2.21. The molecule has 23 heavy (non-hydrogen) atoms. The van der Waals surface area contributed by atoms with Crippen LogP contribution < -0.4 is 10.1 Å². The van der Waals surface area contributed by atoms with Gasteiger partial charge in [0.15, 0.2) is 6.79 Å². The van der Waals surface area contributed by atoms with Gasteiger partial charge in [0, 0.05) is 35.7 Å². The van der Waals surface area contributed by atoms with E-state index in [4.69, 9.17) is 21.1 Å². The van der Waals surface area contributed by atoms with Crippen LogP contribution in [0.25, 0.3) is 0 Å². The molecule has 0 aliphatic carbocycles. The average molecular weight is 338 g/mol. The van der Waals surface area contributed by atoms with Gasteiger partial charge < -0.3 is 14.8 Å². The van der Waals surface area contributed by atoms with E-state index in [2.05, 4.69) is 20.8 Å². The fourth-order valence-electron chi connectivity index (χ4n) is 2.35. The molecule has 9 heteroatoms. The number of aryl methyl sites for hydroxylation is 1. The van der Waals surface area contributed by atoms with Gasteiger partial charge in [-0.3, -0.25) is 4.79 Å². The maximum atomic E-state index is 11.9. The summed E-state index contributed by atoms with van der Waals surface area (Å²) < 4.78 is 12.3. The normalized spacial score (nSPS) is 13.3. The van der Waals surface area contributed by atoms with Crippen LogP contribution in [0.2, 0.25) is 5.02 Å². The number of halogens is 1. The van der Waals surface area contributed by atoms with Crippen molar-refractivity contribution in [1.29, 1.82) is 0 Å². The van der Waals surface area contributed by atoms with Crippen LogP contribution in [0.4, 0.5) is 0 Å². The zero-order chi connectivity index (χ0) is 16.1. The number of hydrogen-bond donors (Lipinski definition) is 1. The fourth-order valence-corrected chi connectivity index (χ4v) is 2.62. The van der Waals surface area contributed by atoms with Crippen molar-refractivity contribution in [1.82, 2.24) is 25.5 Å². The molecule has 1 aromatic carbocycles. The summed E-state index contributed by atoms with van der Waals surface area (Å²) in [5.41, 5.74) is 1.75. The standard InChI is InChI=1S/C14H16ClN5O3/c15-12-4-10(14-11(5-12)7-22-9-23-14)6-16-13(21)2-1-3-20-8-17-18-19-20/h4-5,8H,1-3,6-7,9H2,(H,16,21). The number of nitrogens with one attached hydrogen (secondary N) is 1. The van der Waals surface area contributed by atoms with Gasteiger partial charge in [-0.15, -0.1) is 5.10 Å². The third kappa shape index (κ3) is 4.17. The number of nitrogens with zero attached hydrogens (tertiary/aromatic N) is 4. The lowest BCUT2D eigenvalue weighted by atomic mass is 10.1. The number of benzene rings is 1. The van der Waals surface area contributed by atoms with Crippen molar-refractivity contribution >= 4 is 17.5 Å². The topological polar surface area (TPSA) is 91.2 Å². The van der Waals surface area contributed by atoms with E-state index in [1.54, 1.807) is 10.7 Å². The second kappa shape index (κ2) is 7.38. The molecule has 1 N–H and O–H groups in total. The van der Waals surface area contributed by atoms with Gasteiger partial charge in [-0.2, -0.15) is 0 Å². The number of fused-ring (bicyclic) bond motifs is 1. The summed E-state index contributed by atoms with van der Waals surface area (Å²) in [5.74, 6) is 0.702. The van der Waals surface area contributed by atoms with Gasteiger partial charge in [-0.1, -0.05) is 11.6 Å². The molecule has 0 saturated carbocycles. The van der Waals surface area contributed by atoms with Crippen molar-refractivity contribution in [3.05, 3.63) is 34.6 Å². The predicted molar refractivity (Wildman–Crippen MR) is 80.6 cm³/mol. The zero-order valence-electron chi connectivity index (χ0n) is 12.4. The van der Waals surface area contributed by atoms with E-state index < -0.39 is 0 Å². The van der Waals surface area contributed by atoms with E-state index in [9.17, 15) is 4.79 Å². The molecule has 2 aromatic rings. The number of carbonyl (C=O) groups excluding carboxylic acids is 1. The largest absolute Gasteiger partial charge is 0.467 e. The van der Waals surface area contributed by atoms with Gasteiger partial charge >= 0.3 is 0 Å². The first-order valence-electron chi connectivity index (χ1n) is 7.21. The predicted octanol–water partition coefficient (Wildman–Crippen LogP) is 1.29. The summed E-state index contributed by atoms with van der Waals surface area (Å²) in [5, 5.41) is 14.3. The molecule has 0 atom stereocenters. The summed E-state index contributed by atoms with van der Waals surface area (Å²) in [4.78, 5) is 11.9. The Bertz CT molecular complexity index is 677. The Morgan fingerprint density at radius 1 is 1.43 bits per heavy atom. The van der Waals surface area contributed by atoms with Gasteiger partial charge in [0.25, 0.3) is 0 Å². The average Bonchev–Trinajstić information content (AvgIpc) is 3.06. The Hall–Kier alpha value is -2.19. The van der Waals surface area contributed by atoms with Gasteiger partial charge in [-0.05, 0) is 29.0 Å². The molecule has 8 nitrogen and oxygen atoms in total. The first-order chi connectivity index (χ1) is 11.2. The molecule has 1 aromatic heterocycles. The number of ether oxygens (including phenoxy) is 2. The number of rotatable bonds is 6. The smallest absolute Gasteiger partial charge is 0.220 e. The number of tetrazole rings is 1. The Morgan fingerprint density at radius 2 is 2.35 bits per heavy atom. The minimum absolute atomic E-state index is 0.0427. The highest BCUT2D eigenvalue weighted by atomic mass is 35.5. The quantitative estimate of drug-likeness (QED) is 0.854. The number of amides is 1. The Morgan fingerprint density at radius 3 is 3.17 bits per heavy atom. The second-order valence-electron chi connectivity index (χ2n) is 5.12. The molecule has 0 radical (unpaired) electrons. The summed E-state index contributed by atoms with van der Waals surface area (Å²) >= 11 is 6.09. The first-order valence-corrected chi connectivity index (χ1v) is 7.59. The molecule has 0 spiro atoms. The van der Waals surface area contributed by atoms with Gasteiger partial charge in [0.2, 0.25) is 5.91 Å². The Kier molecular flexibility index (Phi) is 5.04. The third-order valence-electron chi connectivity index (χ3n) is 3.41. The van der Waals surface area contributed by atoms with Crippen molar-refractivity contribution in [2.24, 2.45) is 0 Å². The highest BCUT2D eigenvalue weighted by Gasteiger charge is 2.16. The van der Waals surface area contributed by atoms with Crippen LogP contribution in [-0.2, 0) is 29.2 Å². The monoisotopic (exact) mass is 337 g/mol. The molecular formula is C14H16ClN5O3. The maximum Gasteiger partial charge on any atom is 0.220 e. The molecule has 0 fully saturated rings. The van der Waals surface area contributed by atoms with Crippen LogP contribution in [0.1, 0.15) is 24.0 Å². The minimum atomic E-state index is -0.0427. The molecule has 1 aliphatic heterocycles. The van der Waals surface area contributed by atoms with Crippen LogP contribution in [0, 0.1) is 0 Å². The van der Waals surface area contributed by atoms with Crippen LogP contribution >= 0.6 is 11.6 Å². The van der Waals surface area contributed by atoms with Gasteiger partial charge in [-0.25, -0.2) is 4.68 Å². The van der Waals surface area contributed by atoms with Crippen LogP contribution in [0.15, 0.2) is 18.5 Å². The molecule has 0 unspecified atom stereocenters. The SMILES string of the molecule is O=C(CCCn1cnnn1)NCc1cc(Cl)cc2c1OCOC2. The number of carbonyl (C=O) groups is 1. The molecule has 1 aliphatic rings. The van der Waals surface area contributed by atoms with E-state index >= 15 is 0 Å². The van der Waals surface area contributed by atoms with Crippen LogP contribution in [0.3, 0.4) is 0 Å². The molecule has 3 rings (SSSR count). The number of aromatic nitrogens is 4. The van der Waals surface area contributed by atoms with E-state index in [-0.39, 0.29) is 12.7 Å². The molecule has 0 bridgehead atoms. The highest BCUT2D eigenvalue weighted by molar-refractivity contribution is 6.30. The number of hydrogen-bond acceptors (Lipinski definition) is 6. The van der Waals surface area contributed by atoms with Crippen LogP contribution in [-0.4, -0.2) is 32.9 Å². The molecule has 2 heterocycles. The van der Waals surface area contributed by atoms with E-state index in [0.717, 1.165) is 16.9 Å². The van der Waals surface area contributed by atoms with Crippen molar-refractivity contribution in [3.8, 4) is 5.75 Å².